The monoisotopic (exact) mass is 199 g/mol. The van der Waals surface area contributed by atoms with Gasteiger partial charge in [0.1, 0.15) is 0 Å². The molecule has 0 aromatic heterocycles. The molecule has 6 nitrogen and oxygen atoms in total. The number of hydrogen-bond donors (Lipinski definition) is 1. The van der Waals surface area contributed by atoms with Crippen molar-refractivity contribution in [1.29, 1.82) is 0 Å². The van der Waals surface area contributed by atoms with Crippen LogP contribution < -0.4 is 0 Å². The van der Waals surface area contributed by atoms with Gasteiger partial charge in [-0.1, -0.05) is 5.11 Å². The molecule has 1 N–H and O–H groups in total. The Morgan fingerprint density at radius 1 is 1.71 bits per heavy atom. The molecule has 0 aromatic carbocycles. The van der Waals surface area contributed by atoms with Crippen LogP contribution in [0.2, 0.25) is 0 Å². The van der Waals surface area contributed by atoms with Gasteiger partial charge >= 0.3 is 5.97 Å². The van der Waals surface area contributed by atoms with Gasteiger partial charge in [-0.15, -0.1) is 0 Å². The molecule has 3 atom stereocenters. The first-order chi connectivity index (χ1) is 6.69. The molecule has 1 fully saturated rings. The minimum absolute atomic E-state index is 0.141. The third-order valence-electron chi connectivity index (χ3n) is 2.57. The lowest BCUT2D eigenvalue weighted by molar-refractivity contribution is -0.142. The highest BCUT2D eigenvalue weighted by Gasteiger charge is 2.35. The number of aliphatic hydroxyl groups is 1. The Labute approximate surface area is 81.5 Å². The second-order valence-corrected chi connectivity index (χ2v) is 3.38. The van der Waals surface area contributed by atoms with Crippen molar-refractivity contribution in [2.24, 2.45) is 11.0 Å². The van der Waals surface area contributed by atoms with Gasteiger partial charge in [0.05, 0.1) is 25.7 Å². The quantitative estimate of drug-likeness (QED) is 0.318. The standard InChI is InChI=1S/C8H13N3O3/c1-14-7(12)4-5-2-3-6(8(5)13)10-11-9/h5-6,8,13H,2-4H2,1H3. The van der Waals surface area contributed by atoms with Crippen molar-refractivity contribution >= 4 is 5.97 Å². The van der Waals surface area contributed by atoms with Crippen molar-refractivity contribution < 1.29 is 14.6 Å². The zero-order chi connectivity index (χ0) is 10.6. The zero-order valence-electron chi connectivity index (χ0n) is 7.96. The van der Waals surface area contributed by atoms with E-state index in [4.69, 9.17) is 5.53 Å². The van der Waals surface area contributed by atoms with Crippen LogP contribution in [0.25, 0.3) is 10.4 Å². The lowest BCUT2D eigenvalue weighted by atomic mass is 10.0. The molecule has 0 radical (unpaired) electrons. The van der Waals surface area contributed by atoms with Crippen LogP contribution in [0.4, 0.5) is 0 Å². The lowest BCUT2D eigenvalue weighted by Crippen LogP contribution is -2.25. The van der Waals surface area contributed by atoms with Crippen molar-refractivity contribution in [3.63, 3.8) is 0 Å². The minimum Gasteiger partial charge on any atom is -0.469 e. The summed E-state index contributed by atoms with van der Waals surface area (Å²) in [4.78, 5) is 13.6. The maximum Gasteiger partial charge on any atom is 0.305 e. The largest absolute Gasteiger partial charge is 0.469 e. The van der Waals surface area contributed by atoms with Gasteiger partial charge in [-0.25, -0.2) is 0 Å². The zero-order valence-corrected chi connectivity index (χ0v) is 7.96. The average Bonchev–Trinajstić information content (AvgIpc) is 2.50. The number of hydrogen-bond acceptors (Lipinski definition) is 4. The maximum absolute atomic E-state index is 10.9. The predicted octanol–water partition coefficient (Wildman–Crippen LogP) is 0.999. The molecule has 3 unspecified atom stereocenters. The van der Waals surface area contributed by atoms with E-state index in [1.54, 1.807) is 0 Å². The Kier molecular flexibility index (Phi) is 3.73. The van der Waals surface area contributed by atoms with E-state index in [2.05, 4.69) is 14.8 Å². The molecular weight excluding hydrogens is 186 g/mol. The predicted molar refractivity (Wildman–Crippen MR) is 48.3 cm³/mol. The molecule has 1 rings (SSSR count). The Morgan fingerprint density at radius 2 is 2.43 bits per heavy atom. The van der Waals surface area contributed by atoms with Crippen LogP contribution in [-0.2, 0) is 9.53 Å². The first-order valence-electron chi connectivity index (χ1n) is 4.48. The number of nitrogens with zero attached hydrogens (tertiary/aromatic N) is 3. The van der Waals surface area contributed by atoms with Crippen LogP contribution in [0.3, 0.4) is 0 Å². The van der Waals surface area contributed by atoms with Gasteiger partial charge in [0.2, 0.25) is 0 Å². The molecular formula is C8H13N3O3. The molecule has 0 amide bonds. The number of methoxy groups -OCH3 is 1. The summed E-state index contributed by atoms with van der Waals surface area (Å²) in [6, 6.07) is -0.394. The second kappa shape index (κ2) is 4.83. The number of carbonyl (C=O) groups excluding carboxylic acids is 1. The van der Waals surface area contributed by atoms with Gasteiger partial charge in [0, 0.05) is 4.91 Å². The van der Waals surface area contributed by atoms with Gasteiger partial charge in [0.15, 0.2) is 0 Å². The first-order valence-corrected chi connectivity index (χ1v) is 4.48. The minimum atomic E-state index is -0.718. The van der Waals surface area contributed by atoms with Gasteiger partial charge in [-0.3, -0.25) is 4.79 Å². The Bertz CT molecular complexity index is 263. The molecule has 0 aromatic rings. The van der Waals surface area contributed by atoms with Crippen LogP contribution in [0.1, 0.15) is 19.3 Å². The van der Waals surface area contributed by atoms with Crippen LogP contribution in [0.5, 0.6) is 0 Å². The Morgan fingerprint density at radius 3 is 3.00 bits per heavy atom. The van der Waals surface area contributed by atoms with Gasteiger partial charge in [-0.2, -0.15) is 0 Å². The number of rotatable bonds is 3. The fraction of sp³-hybridized carbons (Fsp3) is 0.875. The van der Waals surface area contributed by atoms with Gasteiger partial charge in [-0.05, 0) is 24.3 Å². The summed E-state index contributed by atoms with van der Waals surface area (Å²) in [5, 5.41) is 13.1. The second-order valence-electron chi connectivity index (χ2n) is 3.38. The summed E-state index contributed by atoms with van der Waals surface area (Å²) in [6.07, 6.45) is 0.798. The number of aliphatic hydroxyl groups excluding tert-OH is 1. The van der Waals surface area contributed by atoms with Crippen molar-refractivity contribution in [2.75, 3.05) is 7.11 Å². The van der Waals surface area contributed by atoms with Crippen molar-refractivity contribution in [3.8, 4) is 0 Å². The third kappa shape index (κ3) is 2.37. The molecule has 78 valence electrons. The summed E-state index contributed by atoms with van der Waals surface area (Å²) in [7, 11) is 1.31. The molecule has 0 aliphatic heterocycles. The highest BCUT2D eigenvalue weighted by molar-refractivity contribution is 5.69. The maximum atomic E-state index is 10.9. The van der Waals surface area contributed by atoms with Gasteiger partial charge < -0.3 is 9.84 Å². The van der Waals surface area contributed by atoms with Crippen LogP contribution >= 0.6 is 0 Å². The summed E-state index contributed by atoms with van der Waals surface area (Å²) in [5.41, 5.74) is 8.21. The molecule has 0 bridgehead atoms. The van der Waals surface area contributed by atoms with E-state index in [1.807, 2.05) is 0 Å². The molecule has 0 spiro atoms. The van der Waals surface area contributed by atoms with Crippen LogP contribution in [0.15, 0.2) is 5.11 Å². The molecule has 1 aliphatic carbocycles. The number of carbonyl (C=O) groups is 1. The summed E-state index contributed by atoms with van der Waals surface area (Å²) < 4.78 is 4.50. The van der Waals surface area contributed by atoms with Crippen molar-refractivity contribution in [2.45, 2.75) is 31.4 Å². The van der Waals surface area contributed by atoms with E-state index in [0.717, 1.165) is 0 Å². The van der Waals surface area contributed by atoms with E-state index >= 15 is 0 Å². The molecule has 0 saturated heterocycles. The fourth-order valence-corrected chi connectivity index (χ4v) is 1.75. The molecule has 14 heavy (non-hydrogen) atoms. The molecule has 6 heteroatoms. The highest BCUT2D eigenvalue weighted by Crippen LogP contribution is 2.31. The van der Waals surface area contributed by atoms with E-state index in [1.165, 1.54) is 7.11 Å². The van der Waals surface area contributed by atoms with Crippen LogP contribution in [0, 0.1) is 5.92 Å². The van der Waals surface area contributed by atoms with E-state index < -0.39 is 12.1 Å². The van der Waals surface area contributed by atoms with Crippen molar-refractivity contribution in [3.05, 3.63) is 10.4 Å². The van der Waals surface area contributed by atoms with E-state index in [0.29, 0.717) is 12.8 Å². The summed E-state index contributed by atoms with van der Waals surface area (Å²) >= 11 is 0. The van der Waals surface area contributed by atoms with Crippen LogP contribution in [-0.4, -0.2) is 30.3 Å². The third-order valence-corrected chi connectivity index (χ3v) is 2.57. The summed E-state index contributed by atoms with van der Waals surface area (Å²) in [6.45, 7) is 0. The van der Waals surface area contributed by atoms with Crippen molar-refractivity contribution in [1.82, 2.24) is 0 Å². The number of ether oxygens (including phenoxy) is 1. The van der Waals surface area contributed by atoms with E-state index in [-0.39, 0.29) is 18.3 Å². The lowest BCUT2D eigenvalue weighted by Gasteiger charge is -2.14. The highest BCUT2D eigenvalue weighted by atomic mass is 16.5. The first kappa shape index (κ1) is 10.8. The number of esters is 1. The summed E-state index contributed by atoms with van der Waals surface area (Å²) in [5.74, 6) is -0.478. The molecule has 0 heterocycles. The average molecular weight is 199 g/mol. The molecule has 1 aliphatic rings. The van der Waals surface area contributed by atoms with E-state index in [9.17, 15) is 9.90 Å². The smallest absolute Gasteiger partial charge is 0.305 e. The Balaban J connectivity index is 2.50. The topological polar surface area (TPSA) is 95.3 Å². The molecule has 1 saturated carbocycles. The normalized spacial score (nSPS) is 30.9. The number of azide groups is 1. The Hall–Kier alpha value is -1.26. The van der Waals surface area contributed by atoms with Gasteiger partial charge in [0.25, 0.3) is 0 Å². The fourth-order valence-electron chi connectivity index (χ4n) is 1.75. The SMILES string of the molecule is COC(=O)CC1CCC(N=[N+]=[N-])C1O.